The van der Waals surface area contributed by atoms with Gasteiger partial charge in [-0.15, -0.1) is 0 Å². The minimum atomic E-state index is -1.25. The molecule has 0 aliphatic heterocycles. The number of aliphatic imine (C=N–C) groups is 1. The number of para-hydroxylation sites is 1. The van der Waals surface area contributed by atoms with Crippen LogP contribution in [0.1, 0.15) is 44.2 Å². The van der Waals surface area contributed by atoms with Crippen LogP contribution >= 0.6 is 0 Å². The molecule has 1 aromatic heterocycles. The summed E-state index contributed by atoms with van der Waals surface area (Å²) in [5, 5.41) is 19.0. The standard InChI is InChI=1S/C32H44N8O5/c1-19(2)15-25(38-28(41)23(33)12-8-14-36-32(34)35)29(42)39-26(16-20-9-4-3-5-10-20)30(43)40-27(31(44)45)17-21-18-37-24-13-7-6-11-22(21)24/h3-7,9-11,13,18-19,23,25-27,37H,8,12,14-17,33H2,1-2H3,(H,38,41)(H,39,42)(H,40,43)(H,44,45)(H4,34,35,36). The van der Waals surface area contributed by atoms with Crippen molar-refractivity contribution in [3.05, 3.63) is 71.9 Å². The van der Waals surface area contributed by atoms with E-state index in [-0.39, 0.29) is 31.1 Å². The number of H-pyrrole nitrogens is 1. The van der Waals surface area contributed by atoms with E-state index in [0.29, 0.717) is 19.4 Å². The topological polar surface area (TPSA) is 231 Å². The lowest BCUT2D eigenvalue weighted by atomic mass is 10.00. The van der Waals surface area contributed by atoms with Crippen LogP contribution in [0.4, 0.5) is 0 Å². The maximum Gasteiger partial charge on any atom is 0.326 e. The van der Waals surface area contributed by atoms with Gasteiger partial charge in [-0.1, -0.05) is 62.4 Å². The number of aromatic nitrogens is 1. The number of carboxylic acids is 1. The number of carboxylic acid groups (broad SMARTS) is 1. The number of nitrogens with two attached hydrogens (primary N) is 3. The molecular formula is C32H44N8O5. The number of hydrogen-bond donors (Lipinski definition) is 8. The summed E-state index contributed by atoms with van der Waals surface area (Å²) in [4.78, 5) is 59.4. The zero-order valence-corrected chi connectivity index (χ0v) is 25.7. The van der Waals surface area contributed by atoms with Crippen LogP contribution in [-0.2, 0) is 32.0 Å². The Morgan fingerprint density at radius 3 is 2.13 bits per heavy atom. The molecule has 3 aromatic rings. The second-order valence-corrected chi connectivity index (χ2v) is 11.5. The number of guanidine groups is 1. The minimum absolute atomic E-state index is 0.0214. The van der Waals surface area contributed by atoms with Crippen LogP contribution in [0.5, 0.6) is 0 Å². The molecule has 2 aromatic carbocycles. The molecule has 13 nitrogen and oxygen atoms in total. The monoisotopic (exact) mass is 620 g/mol. The first kappa shape index (κ1) is 34.6. The van der Waals surface area contributed by atoms with Crippen molar-refractivity contribution >= 4 is 40.6 Å². The molecule has 45 heavy (non-hydrogen) atoms. The van der Waals surface area contributed by atoms with Crippen molar-refractivity contribution < 1.29 is 24.3 Å². The van der Waals surface area contributed by atoms with Crippen molar-refractivity contribution in [2.75, 3.05) is 6.54 Å². The first-order chi connectivity index (χ1) is 21.4. The third-order valence-corrected chi connectivity index (χ3v) is 7.27. The molecule has 0 saturated heterocycles. The summed E-state index contributed by atoms with van der Waals surface area (Å²) < 4.78 is 0. The van der Waals surface area contributed by atoms with Crippen molar-refractivity contribution in [2.45, 2.75) is 70.1 Å². The number of nitrogens with zero attached hydrogens (tertiary/aromatic N) is 1. The number of benzene rings is 2. The fourth-order valence-corrected chi connectivity index (χ4v) is 4.96. The SMILES string of the molecule is CC(C)CC(NC(=O)C(N)CCCN=C(N)N)C(=O)NC(Cc1ccccc1)C(=O)NC(Cc1c[nH]c2ccccc12)C(=O)O. The molecular weight excluding hydrogens is 576 g/mol. The third-order valence-electron chi connectivity index (χ3n) is 7.27. The summed E-state index contributed by atoms with van der Waals surface area (Å²) in [5.74, 6) is -3.00. The molecule has 0 saturated carbocycles. The van der Waals surface area contributed by atoms with Crippen LogP contribution in [0.3, 0.4) is 0 Å². The molecule has 0 fully saturated rings. The van der Waals surface area contributed by atoms with E-state index in [1.807, 2.05) is 56.3 Å². The molecule has 242 valence electrons. The Balaban J connectivity index is 1.76. The van der Waals surface area contributed by atoms with Crippen molar-refractivity contribution in [3.63, 3.8) is 0 Å². The van der Waals surface area contributed by atoms with Gasteiger partial charge in [-0.3, -0.25) is 19.4 Å². The fourth-order valence-electron chi connectivity index (χ4n) is 4.96. The largest absolute Gasteiger partial charge is 0.480 e. The van der Waals surface area contributed by atoms with Crippen molar-refractivity contribution in [1.82, 2.24) is 20.9 Å². The van der Waals surface area contributed by atoms with Gasteiger partial charge in [0.15, 0.2) is 5.96 Å². The number of aromatic amines is 1. The Kier molecular flexibility index (Phi) is 12.9. The Morgan fingerprint density at radius 2 is 1.47 bits per heavy atom. The van der Waals surface area contributed by atoms with Crippen LogP contribution in [0.15, 0.2) is 65.8 Å². The highest BCUT2D eigenvalue weighted by molar-refractivity contribution is 5.94. The van der Waals surface area contributed by atoms with E-state index >= 15 is 0 Å². The normalized spacial score (nSPS) is 13.8. The third kappa shape index (κ3) is 10.9. The lowest BCUT2D eigenvalue weighted by Gasteiger charge is -2.26. The average molecular weight is 621 g/mol. The molecule has 3 amide bonds. The second kappa shape index (κ2) is 16.8. The van der Waals surface area contributed by atoms with E-state index in [0.717, 1.165) is 22.0 Å². The summed E-state index contributed by atoms with van der Waals surface area (Å²) in [6, 6.07) is 12.3. The summed E-state index contributed by atoms with van der Waals surface area (Å²) in [6.45, 7) is 4.11. The smallest absolute Gasteiger partial charge is 0.326 e. The Labute approximate surface area is 262 Å². The number of carbonyl (C=O) groups is 4. The molecule has 0 bridgehead atoms. The van der Waals surface area contributed by atoms with Gasteiger partial charge in [0.25, 0.3) is 0 Å². The van der Waals surface area contributed by atoms with Gasteiger partial charge in [-0.25, -0.2) is 4.79 Å². The van der Waals surface area contributed by atoms with E-state index in [4.69, 9.17) is 17.2 Å². The van der Waals surface area contributed by atoms with Crippen molar-refractivity contribution in [2.24, 2.45) is 28.1 Å². The van der Waals surface area contributed by atoms with Gasteiger partial charge < -0.3 is 43.2 Å². The number of nitrogens with one attached hydrogen (secondary N) is 4. The minimum Gasteiger partial charge on any atom is -0.480 e. The molecule has 13 heteroatoms. The Bertz CT molecular complexity index is 1470. The van der Waals surface area contributed by atoms with E-state index in [1.165, 1.54) is 0 Å². The molecule has 1 heterocycles. The van der Waals surface area contributed by atoms with E-state index < -0.39 is 47.9 Å². The Morgan fingerprint density at radius 1 is 0.844 bits per heavy atom. The number of amides is 3. The first-order valence-electron chi connectivity index (χ1n) is 15.0. The number of rotatable bonds is 17. The predicted molar refractivity (Wildman–Crippen MR) is 173 cm³/mol. The van der Waals surface area contributed by atoms with Gasteiger partial charge in [-0.2, -0.15) is 0 Å². The maximum absolute atomic E-state index is 13.6. The second-order valence-electron chi connectivity index (χ2n) is 11.5. The number of aliphatic carboxylic acids is 1. The summed E-state index contributed by atoms with van der Waals surface area (Å²) >= 11 is 0. The highest BCUT2D eigenvalue weighted by Crippen LogP contribution is 2.19. The van der Waals surface area contributed by atoms with Gasteiger partial charge in [0.05, 0.1) is 6.04 Å². The van der Waals surface area contributed by atoms with E-state index in [1.54, 1.807) is 18.3 Å². The molecule has 0 aliphatic carbocycles. The quantitative estimate of drug-likeness (QED) is 0.0613. The highest BCUT2D eigenvalue weighted by atomic mass is 16.4. The van der Waals surface area contributed by atoms with Crippen LogP contribution in [0.2, 0.25) is 0 Å². The fraction of sp³-hybridized carbons (Fsp3) is 0.406. The van der Waals surface area contributed by atoms with Crippen LogP contribution < -0.4 is 33.2 Å². The number of hydrogen-bond acceptors (Lipinski definition) is 6. The molecule has 3 rings (SSSR count). The molecule has 11 N–H and O–H groups in total. The molecule has 4 unspecified atom stereocenters. The highest BCUT2D eigenvalue weighted by Gasteiger charge is 2.31. The van der Waals surface area contributed by atoms with Gasteiger partial charge in [0, 0.05) is 36.5 Å². The van der Waals surface area contributed by atoms with Gasteiger partial charge >= 0.3 is 5.97 Å². The summed E-state index contributed by atoms with van der Waals surface area (Å²) in [6.07, 6.45) is 2.91. The maximum atomic E-state index is 13.6. The predicted octanol–water partition coefficient (Wildman–Crippen LogP) is 0.919. The van der Waals surface area contributed by atoms with Gasteiger partial charge in [-0.05, 0) is 42.4 Å². The zero-order chi connectivity index (χ0) is 32.9. The molecule has 0 radical (unpaired) electrons. The molecule has 4 atom stereocenters. The summed E-state index contributed by atoms with van der Waals surface area (Å²) in [5.41, 5.74) is 19.1. The first-order valence-corrected chi connectivity index (χ1v) is 15.0. The molecule has 0 spiro atoms. The summed E-state index contributed by atoms with van der Waals surface area (Å²) in [7, 11) is 0. The number of fused-ring (bicyclic) bond motifs is 1. The Hall–Kier alpha value is -4.91. The zero-order valence-electron chi connectivity index (χ0n) is 25.7. The van der Waals surface area contributed by atoms with Gasteiger partial charge in [0.1, 0.15) is 18.1 Å². The van der Waals surface area contributed by atoms with Crippen molar-refractivity contribution in [3.8, 4) is 0 Å². The molecule has 0 aliphatic rings. The average Bonchev–Trinajstić information content (AvgIpc) is 3.40. The van der Waals surface area contributed by atoms with Gasteiger partial charge in [0.2, 0.25) is 17.7 Å². The van der Waals surface area contributed by atoms with Crippen LogP contribution in [0, 0.1) is 5.92 Å². The number of carbonyl (C=O) groups excluding carboxylic acids is 3. The van der Waals surface area contributed by atoms with E-state index in [9.17, 15) is 24.3 Å². The van der Waals surface area contributed by atoms with Crippen LogP contribution in [-0.4, -0.2) is 70.5 Å². The lowest BCUT2D eigenvalue weighted by Crippen LogP contribution is -2.58. The van der Waals surface area contributed by atoms with Crippen molar-refractivity contribution in [1.29, 1.82) is 0 Å². The lowest BCUT2D eigenvalue weighted by molar-refractivity contribution is -0.142. The van der Waals surface area contributed by atoms with E-state index in [2.05, 4.69) is 25.9 Å². The van der Waals surface area contributed by atoms with Crippen LogP contribution in [0.25, 0.3) is 10.9 Å².